The van der Waals surface area contributed by atoms with Crippen molar-refractivity contribution >= 4 is 61.5 Å². The summed E-state index contributed by atoms with van der Waals surface area (Å²) < 4.78 is 0.893. The second kappa shape index (κ2) is 5.56. The van der Waals surface area contributed by atoms with Crippen LogP contribution in [0.25, 0.3) is 11.0 Å². The van der Waals surface area contributed by atoms with E-state index in [0.29, 0.717) is 10.0 Å². The molecule has 3 nitrogen and oxygen atoms in total. The lowest BCUT2D eigenvalue weighted by molar-refractivity contribution is 1.32. The van der Waals surface area contributed by atoms with Crippen LogP contribution in [0.15, 0.2) is 47.2 Å². The smallest absolute Gasteiger partial charge is 0.112 e. The van der Waals surface area contributed by atoms with Crippen molar-refractivity contribution in [3.8, 4) is 0 Å². The third kappa shape index (κ3) is 2.73. The summed E-state index contributed by atoms with van der Waals surface area (Å²) in [4.78, 5) is 8.68. The van der Waals surface area contributed by atoms with E-state index in [1.807, 2.05) is 18.2 Å². The number of rotatable bonds is 2. The summed E-state index contributed by atoms with van der Waals surface area (Å²) >= 11 is 15.3. The predicted molar refractivity (Wildman–Crippen MR) is 87.0 cm³/mol. The first kappa shape index (κ1) is 13.6. The van der Waals surface area contributed by atoms with Gasteiger partial charge in [-0.15, -0.1) is 0 Å². The average Bonchev–Trinajstić information content (AvgIpc) is 2.43. The molecule has 0 atom stereocenters. The molecule has 0 bridgehead atoms. The van der Waals surface area contributed by atoms with Gasteiger partial charge < -0.3 is 5.32 Å². The number of nitrogens with zero attached hydrogens (tertiary/aromatic N) is 2. The normalized spacial score (nSPS) is 10.8. The number of benzene rings is 1. The van der Waals surface area contributed by atoms with Gasteiger partial charge in [0.05, 0.1) is 21.2 Å². The summed E-state index contributed by atoms with van der Waals surface area (Å²) in [5.41, 5.74) is 3.31. The Balaban J connectivity index is 2.04. The van der Waals surface area contributed by atoms with Crippen LogP contribution in [0.3, 0.4) is 0 Å². The van der Waals surface area contributed by atoms with E-state index in [2.05, 4.69) is 31.2 Å². The van der Waals surface area contributed by atoms with Crippen molar-refractivity contribution in [3.63, 3.8) is 0 Å². The molecule has 3 rings (SSSR count). The Hall–Kier alpha value is -1.36. The molecule has 0 unspecified atom stereocenters. The molecule has 20 heavy (non-hydrogen) atoms. The Morgan fingerprint density at radius 1 is 1.00 bits per heavy atom. The van der Waals surface area contributed by atoms with Crippen LogP contribution in [-0.4, -0.2) is 9.97 Å². The zero-order chi connectivity index (χ0) is 14.1. The molecule has 0 aliphatic rings. The molecule has 0 saturated carbocycles. The van der Waals surface area contributed by atoms with Gasteiger partial charge in [-0.05, 0) is 46.3 Å². The number of aromatic nitrogens is 2. The van der Waals surface area contributed by atoms with Crippen molar-refractivity contribution in [2.75, 3.05) is 5.32 Å². The van der Waals surface area contributed by atoms with Gasteiger partial charge in [-0.25, -0.2) is 0 Å². The van der Waals surface area contributed by atoms with Crippen molar-refractivity contribution < 1.29 is 0 Å². The lowest BCUT2D eigenvalue weighted by Gasteiger charge is -2.09. The zero-order valence-corrected chi connectivity index (χ0v) is 13.2. The van der Waals surface area contributed by atoms with E-state index >= 15 is 0 Å². The minimum absolute atomic E-state index is 0.505. The van der Waals surface area contributed by atoms with Crippen LogP contribution < -0.4 is 5.32 Å². The van der Waals surface area contributed by atoms with Crippen molar-refractivity contribution in [1.82, 2.24) is 9.97 Å². The van der Waals surface area contributed by atoms with Crippen LogP contribution >= 0.6 is 39.1 Å². The molecule has 6 heteroatoms. The second-order valence-electron chi connectivity index (χ2n) is 4.13. The van der Waals surface area contributed by atoms with Gasteiger partial charge in [-0.1, -0.05) is 23.2 Å². The fourth-order valence-electron chi connectivity index (χ4n) is 1.84. The van der Waals surface area contributed by atoms with Gasteiger partial charge in [-0.3, -0.25) is 9.97 Å². The lowest BCUT2D eigenvalue weighted by atomic mass is 10.2. The number of halogens is 3. The molecule has 1 aromatic carbocycles. The van der Waals surface area contributed by atoms with Gasteiger partial charge in [0.25, 0.3) is 0 Å². The maximum atomic E-state index is 6.01. The molecule has 0 aliphatic carbocycles. The fraction of sp³-hybridized carbons (Fsp3) is 0. The highest BCUT2D eigenvalue weighted by Crippen LogP contribution is 2.29. The van der Waals surface area contributed by atoms with E-state index in [4.69, 9.17) is 23.2 Å². The monoisotopic (exact) mass is 367 g/mol. The van der Waals surface area contributed by atoms with Gasteiger partial charge in [0.2, 0.25) is 0 Å². The summed E-state index contributed by atoms with van der Waals surface area (Å²) in [5, 5.41) is 4.31. The zero-order valence-electron chi connectivity index (χ0n) is 10.1. The highest BCUT2D eigenvalue weighted by Gasteiger charge is 2.06. The van der Waals surface area contributed by atoms with Crippen LogP contribution in [0.5, 0.6) is 0 Å². The number of nitrogens with one attached hydrogen (secondary N) is 1. The van der Waals surface area contributed by atoms with Crippen molar-refractivity contribution in [2.45, 2.75) is 0 Å². The van der Waals surface area contributed by atoms with E-state index in [-0.39, 0.29) is 0 Å². The molecule has 2 aromatic heterocycles. The SMILES string of the molecule is Clc1ccc(Nc2ccnc3cc(Br)cnc23)cc1Cl. The maximum Gasteiger partial charge on any atom is 0.112 e. The van der Waals surface area contributed by atoms with Crippen LogP contribution in [0, 0.1) is 0 Å². The van der Waals surface area contributed by atoms with E-state index < -0.39 is 0 Å². The van der Waals surface area contributed by atoms with Crippen LogP contribution in [0.1, 0.15) is 0 Å². The molecule has 0 amide bonds. The summed E-state index contributed by atoms with van der Waals surface area (Å²) in [6, 6.07) is 9.17. The molecule has 0 radical (unpaired) electrons. The third-order valence-corrected chi connectivity index (χ3v) is 3.92. The van der Waals surface area contributed by atoms with Crippen LogP contribution in [0.2, 0.25) is 10.0 Å². The Kier molecular flexibility index (Phi) is 3.78. The molecule has 100 valence electrons. The number of hydrogen-bond acceptors (Lipinski definition) is 3. The molecule has 3 aromatic rings. The lowest BCUT2D eigenvalue weighted by Crippen LogP contribution is -1.94. The standard InChI is InChI=1S/C14H8BrCl2N3/c15-8-5-13-14(19-7-8)12(3-4-18-13)20-9-1-2-10(16)11(17)6-9/h1-7H,(H,18,20). The molecule has 0 fully saturated rings. The van der Waals surface area contributed by atoms with Crippen molar-refractivity contribution in [3.05, 3.63) is 57.2 Å². The summed E-state index contributed by atoms with van der Waals surface area (Å²) in [6.07, 6.45) is 3.47. The van der Waals surface area contributed by atoms with Gasteiger partial charge in [0.1, 0.15) is 5.52 Å². The first-order valence-electron chi connectivity index (χ1n) is 5.76. The van der Waals surface area contributed by atoms with E-state index in [1.165, 1.54) is 0 Å². The van der Waals surface area contributed by atoms with Gasteiger partial charge >= 0.3 is 0 Å². The van der Waals surface area contributed by atoms with E-state index in [9.17, 15) is 0 Å². The van der Waals surface area contributed by atoms with Gasteiger partial charge in [-0.2, -0.15) is 0 Å². The Labute approximate surface area is 134 Å². The molecule has 2 heterocycles. The molecular formula is C14H8BrCl2N3. The first-order chi connectivity index (χ1) is 9.63. The number of anilines is 2. The van der Waals surface area contributed by atoms with Gasteiger partial charge in [0.15, 0.2) is 0 Å². The summed E-state index contributed by atoms with van der Waals surface area (Å²) in [7, 11) is 0. The molecule has 0 saturated heterocycles. The average molecular weight is 369 g/mol. The van der Waals surface area contributed by atoms with Crippen LogP contribution in [-0.2, 0) is 0 Å². The maximum absolute atomic E-state index is 6.01. The Morgan fingerprint density at radius 3 is 2.65 bits per heavy atom. The minimum atomic E-state index is 0.505. The fourth-order valence-corrected chi connectivity index (χ4v) is 2.45. The third-order valence-electron chi connectivity index (χ3n) is 2.74. The molecular weight excluding hydrogens is 361 g/mol. The van der Waals surface area contributed by atoms with Crippen LogP contribution in [0.4, 0.5) is 11.4 Å². The number of hydrogen-bond donors (Lipinski definition) is 1. The molecule has 1 N–H and O–H groups in total. The Bertz CT molecular complexity index is 792. The molecule has 0 spiro atoms. The largest absolute Gasteiger partial charge is 0.354 e. The second-order valence-corrected chi connectivity index (χ2v) is 5.86. The number of pyridine rings is 2. The summed E-state index contributed by atoms with van der Waals surface area (Å²) in [6.45, 7) is 0. The predicted octanol–water partition coefficient (Wildman–Crippen LogP) is 5.44. The van der Waals surface area contributed by atoms with Crippen molar-refractivity contribution in [2.24, 2.45) is 0 Å². The topological polar surface area (TPSA) is 37.8 Å². The van der Waals surface area contributed by atoms with E-state index in [0.717, 1.165) is 26.9 Å². The van der Waals surface area contributed by atoms with Gasteiger partial charge in [0, 0.05) is 22.6 Å². The first-order valence-corrected chi connectivity index (χ1v) is 7.31. The Morgan fingerprint density at radius 2 is 1.85 bits per heavy atom. The minimum Gasteiger partial charge on any atom is -0.354 e. The number of fused-ring (bicyclic) bond motifs is 1. The van der Waals surface area contributed by atoms with Crippen molar-refractivity contribution in [1.29, 1.82) is 0 Å². The molecule has 0 aliphatic heterocycles. The summed E-state index contributed by atoms with van der Waals surface area (Å²) in [5.74, 6) is 0. The quantitative estimate of drug-likeness (QED) is 0.654. The highest BCUT2D eigenvalue weighted by atomic mass is 79.9. The highest BCUT2D eigenvalue weighted by molar-refractivity contribution is 9.10. The van der Waals surface area contributed by atoms with E-state index in [1.54, 1.807) is 24.5 Å².